The van der Waals surface area contributed by atoms with E-state index in [9.17, 15) is 9.90 Å². The first-order valence-electron chi connectivity index (χ1n) is 6.53. The van der Waals surface area contributed by atoms with Gasteiger partial charge in [0.1, 0.15) is 5.75 Å². The largest absolute Gasteiger partial charge is 0.507 e. The molecule has 1 heterocycles. The van der Waals surface area contributed by atoms with Gasteiger partial charge in [0.05, 0.1) is 5.56 Å². The van der Waals surface area contributed by atoms with Crippen molar-refractivity contribution in [3.63, 3.8) is 0 Å². The maximum Gasteiger partial charge on any atom is 0.259 e. The predicted octanol–water partition coefficient (Wildman–Crippen LogP) is 4.10. The van der Waals surface area contributed by atoms with Crippen molar-refractivity contribution in [2.75, 3.05) is 5.32 Å². The molecule has 0 aliphatic heterocycles. The van der Waals surface area contributed by atoms with Crippen molar-refractivity contribution in [1.29, 1.82) is 0 Å². The number of phenols is 1. The van der Waals surface area contributed by atoms with Gasteiger partial charge in [-0.2, -0.15) is 0 Å². The number of carbonyl (C=O) groups is 1. The fourth-order valence-electron chi connectivity index (χ4n) is 1.66. The summed E-state index contributed by atoms with van der Waals surface area (Å²) in [7, 11) is 0. The maximum atomic E-state index is 11.8. The molecule has 1 amide bonds. The number of para-hydroxylation sites is 2. The van der Waals surface area contributed by atoms with Crippen LogP contribution in [-0.2, 0) is 0 Å². The normalized spacial score (nSPS) is 9.45. The van der Waals surface area contributed by atoms with Crippen LogP contribution >= 0.6 is 11.3 Å². The summed E-state index contributed by atoms with van der Waals surface area (Å²) < 4.78 is 0. The number of hydrogen-bond donors (Lipinski definition) is 3. The molecule has 0 aliphatic carbocycles. The lowest BCUT2D eigenvalue weighted by atomic mass is 10.2. The third-order valence-electron chi connectivity index (χ3n) is 2.69. The van der Waals surface area contributed by atoms with Crippen LogP contribution in [0.1, 0.15) is 10.4 Å². The second-order valence-electron chi connectivity index (χ2n) is 4.29. The van der Waals surface area contributed by atoms with Gasteiger partial charge in [-0.05, 0) is 41.8 Å². The molecule has 22 heavy (non-hydrogen) atoms. The summed E-state index contributed by atoms with van der Waals surface area (Å²) >= 11 is 1.33. The van der Waals surface area contributed by atoms with Crippen molar-refractivity contribution >= 4 is 22.9 Å². The minimum Gasteiger partial charge on any atom is -0.507 e. The molecule has 5 heteroatoms. The number of thiophene rings is 1. The van der Waals surface area contributed by atoms with Gasteiger partial charge in [0.2, 0.25) is 0 Å². The Labute approximate surface area is 132 Å². The van der Waals surface area contributed by atoms with Crippen LogP contribution in [0.5, 0.6) is 10.8 Å². The zero-order valence-corrected chi connectivity index (χ0v) is 12.5. The van der Waals surface area contributed by atoms with E-state index >= 15 is 0 Å². The van der Waals surface area contributed by atoms with Gasteiger partial charge < -0.3 is 15.5 Å². The zero-order valence-electron chi connectivity index (χ0n) is 11.6. The van der Waals surface area contributed by atoms with Crippen LogP contribution in [0.4, 0.5) is 5.69 Å². The molecule has 3 N–H and O–H groups in total. The molecule has 112 valence electrons. The van der Waals surface area contributed by atoms with Crippen molar-refractivity contribution in [1.82, 2.24) is 0 Å². The molecular formula is C17H15NO3S. The number of amides is 1. The van der Waals surface area contributed by atoms with Gasteiger partial charge in [-0.15, -0.1) is 11.3 Å². The molecule has 0 bridgehead atoms. The zero-order chi connectivity index (χ0) is 15.8. The highest BCUT2D eigenvalue weighted by Gasteiger charge is 2.09. The van der Waals surface area contributed by atoms with Gasteiger partial charge in [0.25, 0.3) is 5.91 Å². The van der Waals surface area contributed by atoms with Crippen LogP contribution in [-0.4, -0.2) is 16.1 Å². The summed E-state index contributed by atoms with van der Waals surface area (Å²) in [6.45, 7) is 0. The van der Waals surface area contributed by atoms with Gasteiger partial charge in [-0.1, -0.05) is 30.3 Å². The van der Waals surface area contributed by atoms with Gasteiger partial charge in [-0.3, -0.25) is 4.79 Å². The predicted molar refractivity (Wildman–Crippen MR) is 88.5 cm³/mol. The number of rotatable bonds is 2. The highest BCUT2D eigenvalue weighted by atomic mass is 32.1. The molecule has 0 unspecified atom stereocenters. The number of aromatic hydroxyl groups is 2. The standard InChI is InChI=1S/C13H11NO2.C4H4OS/c15-12-9-5-4-8-11(12)13(16)14-10-6-2-1-3-7-10;5-4-2-1-3-6-4/h1-9,15H,(H,14,16);1-3,5H. The fraction of sp³-hybridized carbons (Fsp3) is 0. The third kappa shape index (κ3) is 4.64. The van der Waals surface area contributed by atoms with Crippen LogP contribution < -0.4 is 5.32 Å². The number of carbonyl (C=O) groups excluding carboxylic acids is 1. The second kappa shape index (κ2) is 7.85. The first-order chi connectivity index (χ1) is 10.7. The van der Waals surface area contributed by atoms with E-state index in [0.29, 0.717) is 10.8 Å². The van der Waals surface area contributed by atoms with E-state index in [-0.39, 0.29) is 17.2 Å². The van der Waals surface area contributed by atoms with Crippen LogP contribution in [0.2, 0.25) is 0 Å². The van der Waals surface area contributed by atoms with Gasteiger partial charge in [0.15, 0.2) is 5.06 Å². The Morgan fingerprint density at radius 1 is 0.864 bits per heavy atom. The molecule has 3 rings (SSSR count). The van der Waals surface area contributed by atoms with Gasteiger partial charge >= 0.3 is 0 Å². The molecule has 0 fully saturated rings. The van der Waals surface area contributed by atoms with E-state index in [1.54, 1.807) is 42.5 Å². The van der Waals surface area contributed by atoms with Crippen molar-refractivity contribution in [3.05, 3.63) is 77.7 Å². The number of anilines is 1. The van der Waals surface area contributed by atoms with E-state index in [1.165, 1.54) is 17.4 Å². The average molecular weight is 313 g/mol. The molecule has 2 aromatic carbocycles. The highest BCUT2D eigenvalue weighted by molar-refractivity contribution is 7.11. The van der Waals surface area contributed by atoms with Crippen molar-refractivity contribution < 1.29 is 15.0 Å². The van der Waals surface area contributed by atoms with Crippen molar-refractivity contribution in [2.24, 2.45) is 0 Å². The van der Waals surface area contributed by atoms with Crippen LogP contribution in [0.15, 0.2) is 72.1 Å². The minimum absolute atomic E-state index is 0.0177. The number of phenolic OH excluding ortho intramolecular Hbond substituents is 1. The minimum atomic E-state index is -0.315. The fourth-order valence-corrected chi connectivity index (χ4v) is 2.11. The second-order valence-corrected chi connectivity index (χ2v) is 5.21. The monoisotopic (exact) mass is 313 g/mol. The molecule has 0 saturated heterocycles. The van der Waals surface area contributed by atoms with Crippen LogP contribution in [0.25, 0.3) is 0 Å². The number of nitrogens with one attached hydrogen (secondary N) is 1. The van der Waals surface area contributed by atoms with E-state index in [0.717, 1.165) is 0 Å². The van der Waals surface area contributed by atoms with E-state index in [4.69, 9.17) is 5.11 Å². The van der Waals surface area contributed by atoms with E-state index in [2.05, 4.69) is 5.32 Å². The molecule has 1 aromatic heterocycles. The lowest BCUT2D eigenvalue weighted by Gasteiger charge is -2.05. The van der Waals surface area contributed by atoms with Crippen molar-refractivity contribution in [2.45, 2.75) is 0 Å². The third-order valence-corrected chi connectivity index (χ3v) is 3.36. The average Bonchev–Trinajstić information content (AvgIpc) is 3.00. The number of hydrogen-bond acceptors (Lipinski definition) is 4. The van der Waals surface area contributed by atoms with Crippen molar-refractivity contribution in [3.8, 4) is 10.8 Å². The van der Waals surface area contributed by atoms with E-state index < -0.39 is 0 Å². The SMILES string of the molecule is O=C(Nc1ccccc1)c1ccccc1O.Oc1cccs1. The van der Waals surface area contributed by atoms with E-state index in [1.807, 2.05) is 23.6 Å². The number of benzene rings is 2. The Kier molecular flexibility index (Phi) is 5.57. The first kappa shape index (κ1) is 15.6. The Hall–Kier alpha value is -2.79. The first-order valence-corrected chi connectivity index (χ1v) is 7.41. The quantitative estimate of drug-likeness (QED) is 0.667. The van der Waals surface area contributed by atoms with Crippen LogP contribution in [0.3, 0.4) is 0 Å². The topological polar surface area (TPSA) is 69.6 Å². The molecular weight excluding hydrogens is 298 g/mol. The Bertz CT molecular complexity index is 712. The Morgan fingerprint density at radius 2 is 1.55 bits per heavy atom. The molecule has 3 aromatic rings. The summed E-state index contributed by atoms with van der Waals surface area (Å²) in [6, 6.07) is 19.0. The van der Waals surface area contributed by atoms with Crippen LogP contribution in [0, 0.1) is 0 Å². The molecule has 0 spiro atoms. The summed E-state index contributed by atoms with van der Waals surface area (Å²) in [5.74, 6) is -0.333. The maximum absolute atomic E-state index is 11.8. The van der Waals surface area contributed by atoms with Gasteiger partial charge in [-0.25, -0.2) is 0 Å². The molecule has 0 saturated carbocycles. The summed E-state index contributed by atoms with van der Waals surface area (Å²) in [5.41, 5.74) is 0.974. The summed E-state index contributed by atoms with van der Waals surface area (Å²) in [4.78, 5) is 11.8. The summed E-state index contributed by atoms with van der Waals surface area (Å²) in [6.07, 6.45) is 0. The molecule has 4 nitrogen and oxygen atoms in total. The smallest absolute Gasteiger partial charge is 0.259 e. The Morgan fingerprint density at radius 3 is 2.09 bits per heavy atom. The summed E-state index contributed by atoms with van der Waals surface area (Å²) in [5, 5.41) is 22.9. The molecule has 0 atom stereocenters. The lowest BCUT2D eigenvalue weighted by molar-refractivity contribution is 0.102. The molecule has 0 radical (unpaired) electrons. The Balaban J connectivity index is 0.000000246. The lowest BCUT2D eigenvalue weighted by Crippen LogP contribution is -2.11. The van der Waals surface area contributed by atoms with Gasteiger partial charge in [0, 0.05) is 5.69 Å². The molecule has 0 aliphatic rings. The highest BCUT2D eigenvalue weighted by Crippen LogP contribution is 2.17.